The van der Waals surface area contributed by atoms with Crippen LogP contribution < -0.4 is 5.32 Å². The minimum Gasteiger partial charge on any atom is -0.462 e. The Morgan fingerprint density at radius 2 is 1.86 bits per heavy atom. The normalized spacial score (nSPS) is 10.1. The fourth-order valence-corrected chi connectivity index (χ4v) is 2.11. The van der Waals surface area contributed by atoms with E-state index in [1.807, 2.05) is 0 Å². The maximum atomic E-state index is 13.7. The molecule has 0 saturated carbocycles. The molecular formula is C16H13BrFNO3. The summed E-state index contributed by atoms with van der Waals surface area (Å²) in [6.07, 6.45) is 0. The maximum Gasteiger partial charge on any atom is 0.338 e. The maximum absolute atomic E-state index is 13.7. The molecule has 0 aliphatic rings. The van der Waals surface area contributed by atoms with Gasteiger partial charge in [-0.2, -0.15) is 0 Å². The highest BCUT2D eigenvalue weighted by Gasteiger charge is 2.12. The van der Waals surface area contributed by atoms with Crippen molar-refractivity contribution in [1.82, 2.24) is 0 Å². The number of hydrogen-bond acceptors (Lipinski definition) is 3. The van der Waals surface area contributed by atoms with Crippen LogP contribution in [0.3, 0.4) is 0 Å². The summed E-state index contributed by atoms with van der Waals surface area (Å²) in [5, 5.41) is 2.57. The van der Waals surface area contributed by atoms with Gasteiger partial charge in [-0.1, -0.05) is 15.9 Å². The van der Waals surface area contributed by atoms with Crippen LogP contribution >= 0.6 is 15.9 Å². The molecule has 0 atom stereocenters. The summed E-state index contributed by atoms with van der Waals surface area (Å²) in [5.41, 5.74) is 0.785. The number of esters is 1. The van der Waals surface area contributed by atoms with Crippen molar-refractivity contribution < 1.29 is 18.7 Å². The highest BCUT2D eigenvalue weighted by Crippen LogP contribution is 2.17. The molecule has 0 aromatic heterocycles. The van der Waals surface area contributed by atoms with Crippen molar-refractivity contribution in [3.63, 3.8) is 0 Å². The average molecular weight is 366 g/mol. The number of halogens is 2. The molecular weight excluding hydrogens is 353 g/mol. The Morgan fingerprint density at radius 1 is 1.18 bits per heavy atom. The van der Waals surface area contributed by atoms with Crippen LogP contribution in [0.15, 0.2) is 46.9 Å². The van der Waals surface area contributed by atoms with E-state index in [9.17, 15) is 14.0 Å². The van der Waals surface area contributed by atoms with Gasteiger partial charge in [-0.3, -0.25) is 4.79 Å². The summed E-state index contributed by atoms with van der Waals surface area (Å²) in [7, 11) is 0. The van der Waals surface area contributed by atoms with Gasteiger partial charge in [0.15, 0.2) is 0 Å². The van der Waals surface area contributed by atoms with E-state index in [-0.39, 0.29) is 5.56 Å². The van der Waals surface area contributed by atoms with Gasteiger partial charge in [0, 0.05) is 10.2 Å². The highest BCUT2D eigenvalue weighted by atomic mass is 79.9. The van der Waals surface area contributed by atoms with Crippen molar-refractivity contribution in [3.05, 3.63) is 63.9 Å². The Balaban J connectivity index is 2.10. The third kappa shape index (κ3) is 3.92. The second-order valence-electron chi connectivity index (χ2n) is 4.38. The SMILES string of the molecule is CCOC(=O)c1ccc(NC(=O)c2ccc(Br)cc2F)cc1. The van der Waals surface area contributed by atoms with Crippen LogP contribution in [0, 0.1) is 5.82 Å². The lowest BCUT2D eigenvalue weighted by Gasteiger charge is -2.07. The lowest BCUT2D eigenvalue weighted by atomic mass is 10.1. The molecule has 2 aromatic carbocycles. The van der Waals surface area contributed by atoms with E-state index in [1.165, 1.54) is 24.3 Å². The Kier molecular flexibility index (Phi) is 5.27. The van der Waals surface area contributed by atoms with E-state index in [0.717, 1.165) is 0 Å². The second kappa shape index (κ2) is 7.17. The molecule has 0 radical (unpaired) electrons. The third-order valence-electron chi connectivity index (χ3n) is 2.83. The molecule has 0 saturated heterocycles. The van der Waals surface area contributed by atoms with Crippen molar-refractivity contribution in [3.8, 4) is 0 Å². The number of carbonyl (C=O) groups excluding carboxylic acids is 2. The fourth-order valence-electron chi connectivity index (χ4n) is 1.78. The lowest BCUT2D eigenvalue weighted by molar-refractivity contribution is 0.0526. The van der Waals surface area contributed by atoms with Crippen LogP contribution in [0.2, 0.25) is 0 Å². The molecule has 6 heteroatoms. The van der Waals surface area contributed by atoms with E-state index >= 15 is 0 Å². The molecule has 114 valence electrons. The van der Waals surface area contributed by atoms with E-state index in [4.69, 9.17) is 4.74 Å². The first-order chi connectivity index (χ1) is 10.5. The average Bonchev–Trinajstić information content (AvgIpc) is 2.48. The quantitative estimate of drug-likeness (QED) is 0.832. The number of ether oxygens (including phenoxy) is 1. The topological polar surface area (TPSA) is 55.4 Å². The molecule has 1 N–H and O–H groups in total. The predicted octanol–water partition coefficient (Wildman–Crippen LogP) is 4.02. The summed E-state index contributed by atoms with van der Waals surface area (Å²) >= 11 is 3.13. The monoisotopic (exact) mass is 365 g/mol. The predicted molar refractivity (Wildman–Crippen MR) is 84.5 cm³/mol. The van der Waals surface area contributed by atoms with Crippen LogP contribution in [0.1, 0.15) is 27.6 Å². The van der Waals surface area contributed by atoms with Gasteiger partial charge in [0.2, 0.25) is 0 Å². The first kappa shape index (κ1) is 16.2. The smallest absolute Gasteiger partial charge is 0.338 e. The molecule has 0 bridgehead atoms. The Hall–Kier alpha value is -2.21. The van der Waals surface area contributed by atoms with E-state index in [0.29, 0.717) is 22.3 Å². The van der Waals surface area contributed by atoms with Gasteiger partial charge in [-0.15, -0.1) is 0 Å². The number of carbonyl (C=O) groups is 2. The molecule has 0 heterocycles. The standard InChI is InChI=1S/C16H13BrFNO3/c1-2-22-16(21)10-3-6-12(7-4-10)19-15(20)13-8-5-11(17)9-14(13)18/h3-9H,2H2,1H3,(H,19,20). The van der Waals surface area contributed by atoms with Crippen LogP contribution in [0.5, 0.6) is 0 Å². The first-order valence-corrected chi connectivity index (χ1v) is 7.34. The molecule has 22 heavy (non-hydrogen) atoms. The Labute approximate surface area is 135 Å². The molecule has 0 aliphatic carbocycles. The number of nitrogens with one attached hydrogen (secondary N) is 1. The number of anilines is 1. The number of amides is 1. The molecule has 1 amide bonds. The summed E-state index contributed by atoms with van der Waals surface area (Å²) in [6, 6.07) is 10.4. The zero-order valence-corrected chi connectivity index (χ0v) is 13.3. The van der Waals surface area contributed by atoms with E-state index in [2.05, 4.69) is 21.2 Å². The van der Waals surface area contributed by atoms with Crippen molar-refractivity contribution in [2.45, 2.75) is 6.92 Å². The zero-order chi connectivity index (χ0) is 16.1. The highest BCUT2D eigenvalue weighted by molar-refractivity contribution is 9.10. The van der Waals surface area contributed by atoms with Gasteiger partial charge in [0.25, 0.3) is 5.91 Å². The molecule has 0 unspecified atom stereocenters. The van der Waals surface area contributed by atoms with Gasteiger partial charge in [-0.05, 0) is 49.4 Å². The van der Waals surface area contributed by atoms with Crippen molar-refractivity contribution >= 4 is 33.5 Å². The fraction of sp³-hybridized carbons (Fsp3) is 0.125. The van der Waals surface area contributed by atoms with Gasteiger partial charge in [-0.25, -0.2) is 9.18 Å². The molecule has 0 aliphatic heterocycles. The molecule has 0 fully saturated rings. The van der Waals surface area contributed by atoms with Crippen LogP contribution in [0.25, 0.3) is 0 Å². The van der Waals surface area contributed by atoms with Crippen molar-refractivity contribution in [2.24, 2.45) is 0 Å². The minimum absolute atomic E-state index is 0.0577. The van der Waals surface area contributed by atoms with Gasteiger partial charge >= 0.3 is 5.97 Å². The van der Waals surface area contributed by atoms with Crippen molar-refractivity contribution in [2.75, 3.05) is 11.9 Å². The number of benzene rings is 2. The first-order valence-electron chi connectivity index (χ1n) is 6.55. The second-order valence-corrected chi connectivity index (χ2v) is 5.29. The zero-order valence-electron chi connectivity index (χ0n) is 11.7. The molecule has 2 rings (SSSR count). The van der Waals surface area contributed by atoms with Gasteiger partial charge in [0.05, 0.1) is 17.7 Å². The number of hydrogen-bond donors (Lipinski definition) is 1. The lowest BCUT2D eigenvalue weighted by Crippen LogP contribution is -2.14. The van der Waals surface area contributed by atoms with Gasteiger partial charge in [0.1, 0.15) is 5.82 Å². The minimum atomic E-state index is -0.616. The van der Waals surface area contributed by atoms with E-state index < -0.39 is 17.7 Å². The Bertz CT molecular complexity index is 701. The van der Waals surface area contributed by atoms with Gasteiger partial charge < -0.3 is 10.1 Å². The van der Waals surface area contributed by atoms with Crippen molar-refractivity contribution in [1.29, 1.82) is 0 Å². The largest absolute Gasteiger partial charge is 0.462 e. The van der Waals surface area contributed by atoms with Crippen LogP contribution in [-0.4, -0.2) is 18.5 Å². The van der Waals surface area contributed by atoms with E-state index in [1.54, 1.807) is 25.1 Å². The molecule has 0 spiro atoms. The summed E-state index contributed by atoms with van der Waals surface area (Å²) in [5.74, 6) is -1.61. The van der Waals surface area contributed by atoms with Crippen LogP contribution in [-0.2, 0) is 4.74 Å². The third-order valence-corrected chi connectivity index (χ3v) is 3.32. The summed E-state index contributed by atoms with van der Waals surface area (Å²) in [6.45, 7) is 2.01. The molecule has 2 aromatic rings. The summed E-state index contributed by atoms with van der Waals surface area (Å²) in [4.78, 5) is 23.5. The molecule has 4 nitrogen and oxygen atoms in total. The summed E-state index contributed by atoms with van der Waals surface area (Å²) < 4.78 is 19.1. The van der Waals surface area contributed by atoms with Crippen LogP contribution in [0.4, 0.5) is 10.1 Å². The number of rotatable bonds is 4. The Morgan fingerprint density at radius 3 is 2.45 bits per heavy atom.